The van der Waals surface area contributed by atoms with Gasteiger partial charge in [-0.15, -0.1) is 0 Å². The van der Waals surface area contributed by atoms with Crippen LogP contribution >= 0.6 is 0 Å². The highest BCUT2D eigenvalue weighted by Gasteiger charge is 2.08. The summed E-state index contributed by atoms with van der Waals surface area (Å²) in [7, 11) is 1.79. The van der Waals surface area contributed by atoms with Crippen molar-refractivity contribution in [2.24, 2.45) is 7.05 Å². The van der Waals surface area contributed by atoms with Crippen molar-refractivity contribution in [3.05, 3.63) is 48.0 Å². The molecule has 94 valence electrons. The van der Waals surface area contributed by atoms with Crippen LogP contribution in [-0.4, -0.2) is 22.0 Å². The van der Waals surface area contributed by atoms with Crippen molar-refractivity contribution in [2.45, 2.75) is 6.42 Å². The van der Waals surface area contributed by atoms with E-state index in [1.807, 2.05) is 24.3 Å². The predicted molar refractivity (Wildman–Crippen MR) is 70.1 cm³/mol. The highest BCUT2D eigenvalue weighted by molar-refractivity contribution is 5.92. The third kappa shape index (κ3) is 2.88. The van der Waals surface area contributed by atoms with Crippen LogP contribution in [0.15, 0.2) is 36.8 Å². The van der Waals surface area contributed by atoms with Crippen LogP contribution in [0.2, 0.25) is 0 Å². The topological polar surface area (TPSA) is 72.9 Å². The van der Waals surface area contributed by atoms with E-state index in [9.17, 15) is 4.79 Å². The number of nitrogens with two attached hydrogens (primary N) is 1. The van der Waals surface area contributed by atoms with E-state index in [0.717, 1.165) is 17.7 Å². The molecule has 1 aromatic carbocycles. The smallest absolute Gasteiger partial charge is 0.269 e. The SMILES string of the molecule is Cn1cncc1C(=O)NCCc1ccc(N)cc1. The number of aryl methyl sites for hydroxylation is 1. The molecular weight excluding hydrogens is 228 g/mol. The Morgan fingerprint density at radius 2 is 2.11 bits per heavy atom. The van der Waals surface area contributed by atoms with Crippen LogP contribution in [0.5, 0.6) is 0 Å². The van der Waals surface area contributed by atoms with Gasteiger partial charge >= 0.3 is 0 Å². The Morgan fingerprint density at radius 3 is 2.72 bits per heavy atom. The molecule has 0 unspecified atom stereocenters. The number of imidazole rings is 1. The molecule has 0 aliphatic carbocycles. The highest BCUT2D eigenvalue weighted by Crippen LogP contribution is 2.05. The Labute approximate surface area is 106 Å². The largest absolute Gasteiger partial charge is 0.399 e. The number of aromatic nitrogens is 2. The molecule has 5 heteroatoms. The van der Waals surface area contributed by atoms with Gasteiger partial charge in [-0.3, -0.25) is 4.79 Å². The number of amides is 1. The van der Waals surface area contributed by atoms with Crippen LogP contribution in [-0.2, 0) is 13.5 Å². The number of nitrogen functional groups attached to an aromatic ring is 1. The third-order valence-corrected chi connectivity index (χ3v) is 2.73. The first kappa shape index (κ1) is 12.2. The van der Waals surface area contributed by atoms with Gasteiger partial charge in [0.1, 0.15) is 5.69 Å². The molecule has 18 heavy (non-hydrogen) atoms. The number of nitrogens with zero attached hydrogens (tertiary/aromatic N) is 2. The fraction of sp³-hybridized carbons (Fsp3) is 0.231. The first-order valence-electron chi connectivity index (χ1n) is 5.76. The number of rotatable bonds is 4. The van der Waals surface area contributed by atoms with E-state index < -0.39 is 0 Å². The molecule has 0 saturated heterocycles. The normalized spacial score (nSPS) is 10.3. The Bertz CT molecular complexity index is 530. The average Bonchev–Trinajstić information content (AvgIpc) is 2.78. The summed E-state index contributed by atoms with van der Waals surface area (Å²) in [6.07, 6.45) is 3.94. The second-order valence-corrected chi connectivity index (χ2v) is 4.14. The molecule has 5 nitrogen and oxygen atoms in total. The number of nitrogens with one attached hydrogen (secondary N) is 1. The summed E-state index contributed by atoms with van der Waals surface area (Å²) in [6.45, 7) is 0.591. The molecule has 0 spiro atoms. The lowest BCUT2D eigenvalue weighted by atomic mass is 10.1. The first-order chi connectivity index (χ1) is 8.66. The van der Waals surface area contributed by atoms with Crippen LogP contribution in [0.1, 0.15) is 16.1 Å². The van der Waals surface area contributed by atoms with Crippen molar-refractivity contribution < 1.29 is 4.79 Å². The van der Waals surface area contributed by atoms with Gasteiger partial charge in [0.25, 0.3) is 5.91 Å². The first-order valence-corrected chi connectivity index (χ1v) is 5.76. The monoisotopic (exact) mass is 244 g/mol. The molecule has 0 aliphatic rings. The van der Waals surface area contributed by atoms with Crippen LogP contribution < -0.4 is 11.1 Å². The molecular formula is C13H16N4O. The summed E-state index contributed by atoms with van der Waals surface area (Å²) in [5.74, 6) is -0.106. The molecule has 1 aromatic heterocycles. The maximum absolute atomic E-state index is 11.8. The van der Waals surface area contributed by atoms with Gasteiger partial charge in [0.05, 0.1) is 12.5 Å². The number of benzene rings is 1. The molecule has 0 bridgehead atoms. The minimum atomic E-state index is -0.106. The van der Waals surface area contributed by atoms with Crippen molar-refractivity contribution in [1.82, 2.24) is 14.9 Å². The van der Waals surface area contributed by atoms with Crippen molar-refractivity contribution in [3.63, 3.8) is 0 Å². The molecule has 0 fully saturated rings. The Morgan fingerprint density at radius 1 is 1.39 bits per heavy atom. The van der Waals surface area contributed by atoms with Crippen molar-refractivity contribution >= 4 is 11.6 Å². The molecule has 1 amide bonds. The third-order valence-electron chi connectivity index (χ3n) is 2.73. The maximum atomic E-state index is 11.8. The zero-order valence-corrected chi connectivity index (χ0v) is 10.3. The highest BCUT2D eigenvalue weighted by atomic mass is 16.1. The van der Waals surface area contributed by atoms with Crippen LogP contribution in [0.3, 0.4) is 0 Å². The van der Waals surface area contributed by atoms with Crippen LogP contribution in [0.4, 0.5) is 5.69 Å². The van der Waals surface area contributed by atoms with Gasteiger partial charge in [-0.2, -0.15) is 0 Å². The molecule has 0 aliphatic heterocycles. The lowest BCUT2D eigenvalue weighted by Crippen LogP contribution is -2.27. The molecule has 1 heterocycles. The van der Waals surface area contributed by atoms with Gasteiger partial charge in [-0.25, -0.2) is 4.98 Å². The second kappa shape index (κ2) is 5.35. The predicted octanol–water partition coefficient (Wildman–Crippen LogP) is 0.975. The second-order valence-electron chi connectivity index (χ2n) is 4.14. The van der Waals surface area contributed by atoms with Gasteiger partial charge < -0.3 is 15.6 Å². The summed E-state index contributed by atoms with van der Waals surface area (Å²) >= 11 is 0. The average molecular weight is 244 g/mol. The minimum absolute atomic E-state index is 0.106. The molecule has 2 aromatic rings. The maximum Gasteiger partial charge on any atom is 0.269 e. The Balaban J connectivity index is 1.84. The van der Waals surface area contributed by atoms with Crippen molar-refractivity contribution in [2.75, 3.05) is 12.3 Å². The fourth-order valence-corrected chi connectivity index (χ4v) is 1.67. The summed E-state index contributed by atoms with van der Waals surface area (Å²) in [4.78, 5) is 15.7. The van der Waals surface area contributed by atoms with Crippen LogP contribution in [0, 0.1) is 0 Å². The van der Waals surface area contributed by atoms with Gasteiger partial charge in [-0.1, -0.05) is 12.1 Å². The molecule has 0 saturated carbocycles. The summed E-state index contributed by atoms with van der Waals surface area (Å²) in [5.41, 5.74) is 8.06. The number of carbonyl (C=O) groups is 1. The van der Waals surface area contributed by atoms with E-state index in [4.69, 9.17) is 5.73 Å². The minimum Gasteiger partial charge on any atom is -0.399 e. The lowest BCUT2D eigenvalue weighted by Gasteiger charge is -2.05. The van der Waals surface area contributed by atoms with Crippen molar-refractivity contribution in [1.29, 1.82) is 0 Å². The lowest BCUT2D eigenvalue weighted by molar-refractivity contribution is 0.0946. The molecule has 3 N–H and O–H groups in total. The fourth-order valence-electron chi connectivity index (χ4n) is 1.67. The summed E-state index contributed by atoms with van der Waals surface area (Å²) in [5, 5.41) is 2.86. The molecule has 2 rings (SSSR count). The zero-order chi connectivity index (χ0) is 13.0. The van der Waals surface area contributed by atoms with Gasteiger partial charge in [0, 0.05) is 19.3 Å². The number of carbonyl (C=O) groups excluding carboxylic acids is 1. The van der Waals surface area contributed by atoms with E-state index in [1.54, 1.807) is 24.1 Å². The standard InChI is InChI=1S/C13H16N4O/c1-17-9-15-8-12(17)13(18)16-7-6-10-2-4-11(14)5-3-10/h2-5,8-9H,6-7,14H2,1H3,(H,16,18). The van der Waals surface area contributed by atoms with E-state index >= 15 is 0 Å². The van der Waals surface area contributed by atoms with E-state index in [2.05, 4.69) is 10.3 Å². The Kier molecular flexibility index (Phi) is 3.62. The van der Waals surface area contributed by atoms with E-state index in [-0.39, 0.29) is 5.91 Å². The summed E-state index contributed by atoms with van der Waals surface area (Å²) < 4.78 is 1.69. The van der Waals surface area contributed by atoms with E-state index in [0.29, 0.717) is 12.2 Å². The van der Waals surface area contributed by atoms with Gasteiger partial charge in [-0.05, 0) is 24.1 Å². The van der Waals surface area contributed by atoms with Crippen molar-refractivity contribution in [3.8, 4) is 0 Å². The van der Waals surface area contributed by atoms with Gasteiger partial charge in [0.2, 0.25) is 0 Å². The van der Waals surface area contributed by atoms with E-state index in [1.165, 1.54) is 0 Å². The quantitative estimate of drug-likeness (QED) is 0.787. The zero-order valence-electron chi connectivity index (χ0n) is 10.3. The van der Waals surface area contributed by atoms with Crippen LogP contribution in [0.25, 0.3) is 0 Å². The molecule has 0 radical (unpaired) electrons. The van der Waals surface area contributed by atoms with Gasteiger partial charge in [0.15, 0.2) is 0 Å². The molecule has 0 atom stereocenters. The number of hydrogen-bond acceptors (Lipinski definition) is 3. The Hall–Kier alpha value is -2.30. The summed E-state index contributed by atoms with van der Waals surface area (Å²) in [6, 6.07) is 7.65. The number of anilines is 1. The number of hydrogen-bond donors (Lipinski definition) is 2.